The van der Waals surface area contributed by atoms with Crippen LogP contribution in [0.15, 0.2) is 0 Å². The number of rotatable bonds is 3. The zero-order valence-corrected chi connectivity index (χ0v) is 6.42. The van der Waals surface area contributed by atoms with Crippen LogP contribution in [0.25, 0.3) is 0 Å². The molecule has 1 aliphatic heterocycles. The molecule has 1 heterocycles. The summed E-state index contributed by atoms with van der Waals surface area (Å²) < 4.78 is 5.43. The Hall–Kier alpha value is -0.120. The molecule has 2 unspecified atom stereocenters. The van der Waals surface area contributed by atoms with E-state index in [1.165, 1.54) is 0 Å². The summed E-state index contributed by atoms with van der Waals surface area (Å²) in [6, 6.07) is 0. The van der Waals surface area contributed by atoms with E-state index in [1.807, 2.05) is 6.92 Å². The number of ether oxygens (including phenoxy) is 1. The quantitative estimate of drug-likeness (QED) is 0.583. The molecule has 3 nitrogen and oxygen atoms in total. The minimum absolute atomic E-state index is 0.301. The van der Waals surface area contributed by atoms with E-state index in [0.29, 0.717) is 18.6 Å². The lowest BCUT2D eigenvalue weighted by Gasteiger charge is -2.15. The minimum atomic E-state index is 0.301. The fourth-order valence-electron chi connectivity index (χ4n) is 1.26. The number of hydrogen-bond acceptors (Lipinski definition) is 2. The van der Waals surface area contributed by atoms with Crippen molar-refractivity contribution in [3.8, 4) is 0 Å². The van der Waals surface area contributed by atoms with Crippen LogP contribution in [-0.2, 0) is 4.74 Å². The topological polar surface area (TPSA) is 49.4 Å². The van der Waals surface area contributed by atoms with Gasteiger partial charge in [-0.05, 0) is 13.5 Å². The van der Waals surface area contributed by atoms with Gasteiger partial charge in [-0.25, -0.2) is 5.32 Å². The third-order valence-corrected chi connectivity index (χ3v) is 1.88. The molecule has 3 heteroatoms. The SMILES string of the molecule is CCOC1C[N]CC1CN. The Labute approximate surface area is 61.9 Å². The van der Waals surface area contributed by atoms with Gasteiger partial charge in [-0.15, -0.1) is 0 Å². The van der Waals surface area contributed by atoms with Gasteiger partial charge in [-0.3, -0.25) is 0 Å². The van der Waals surface area contributed by atoms with Crippen LogP contribution < -0.4 is 11.1 Å². The van der Waals surface area contributed by atoms with E-state index in [-0.39, 0.29) is 0 Å². The van der Waals surface area contributed by atoms with E-state index >= 15 is 0 Å². The average molecular weight is 143 g/mol. The van der Waals surface area contributed by atoms with Gasteiger partial charge >= 0.3 is 0 Å². The molecule has 1 rings (SSSR count). The smallest absolute Gasteiger partial charge is 0.0768 e. The molecule has 59 valence electrons. The molecule has 0 bridgehead atoms. The van der Waals surface area contributed by atoms with Crippen LogP contribution in [0.1, 0.15) is 6.92 Å². The first-order valence-corrected chi connectivity index (χ1v) is 3.83. The number of hydrogen-bond donors (Lipinski definition) is 1. The summed E-state index contributed by atoms with van der Waals surface area (Å²) in [4.78, 5) is 0. The summed E-state index contributed by atoms with van der Waals surface area (Å²) in [7, 11) is 0. The van der Waals surface area contributed by atoms with Gasteiger partial charge in [0.25, 0.3) is 0 Å². The van der Waals surface area contributed by atoms with Crippen molar-refractivity contribution in [3.63, 3.8) is 0 Å². The van der Waals surface area contributed by atoms with Gasteiger partial charge in [0.2, 0.25) is 0 Å². The van der Waals surface area contributed by atoms with Gasteiger partial charge in [-0.2, -0.15) is 0 Å². The maximum atomic E-state index is 5.51. The second-order valence-corrected chi connectivity index (χ2v) is 2.58. The first-order chi connectivity index (χ1) is 4.88. The standard InChI is InChI=1S/C7H15N2O/c1-2-10-7-5-9-4-6(7)3-8/h6-7H,2-5,8H2,1H3. The van der Waals surface area contributed by atoms with Crippen molar-refractivity contribution in [1.29, 1.82) is 0 Å². The molecule has 1 fully saturated rings. The molecule has 0 saturated carbocycles. The van der Waals surface area contributed by atoms with Gasteiger partial charge in [-0.1, -0.05) is 0 Å². The molecule has 2 N–H and O–H groups in total. The average Bonchev–Trinajstić information content (AvgIpc) is 2.36. The maximum Gasteiger partial charge on any atom is 0.0768 e. The molecule has 10 heavy (non-hydrogen) atoms. The summed E-state index contributed by atoms with van der Waals surface area (Å²) in [6.07, 6.45) is 0.301. The van der Waals surface area contributed by atoms with Crippen molar-refractivity contribution in [2.45, 2.75) is 13.0 Å². The lowest BCUT2D eigenvalue weighted by Crippen LogP contribution is -2.28. The Bertz CT molecular complexity index is 97.6. The van der Waals surface area contributed by atoms with Gasteiger partial charge < -0.3 is 10.5 Å². The van der Waals surface area contributed by atoms with Crippen molar-refractivity contribution in [2.75, 3.05) is 26.2 Å². The zero-order valence-electron chi connectivity index (χ0n) is 6.42. The van der Waals surface area contributed by atoms with Crippen molar-refractivity contribution in [1.82, 2.24) is 5.32 Å². The highest BCUT2D eigenvalue weighted by Crippen LogP contribution is 2.11. The Kier molecular flexibility index (Phi) is 3.12. The van der Waals surface area contributed by atoms with E-state index in [0.717, 1.165) is 19.7 Å². The highest BCUT2D eigenvalue weighted by atomic mass is 16.5. The second kappa shape index (κ2) is 3.91. The maximum absolute atomic E-state index is 5.51. The summed E-state index contributed by atoms with van der Waals surface area (Å²) in [5.41, 5.74) is 5.51. The third kappa shape index (κ3) is 1.68. The third-order valence-electron chi connectivity index (χ3n) is 1.88. The first kappa shape index (κ1) is 7.98. The van der Waals surface area contributed by atoms with Gasteiger partial charge in [0.15, 0.2) is 0 Å². The lowest BCUT2D eigenvalue weighted by atomic mass is 10.1. The minimum Gasteiger partial charge on any atom is -0.377 e. The molecule has 0 aromatic carbocycles. The van der Waals surface area contributed by atoms with E-state index in [9.17, 15) is 0 Å². The highest BCUT2D eigenvalue weighted by Gasteiger charge is 2.26. The van der Waals surface area contributed by atoms with Crippen molar-refractivity contribution >= 4 is 0 Å². The molecule has 1 saturated heterocycles. The van der Waals surface area contributed by atoms with Gasteiger partial charge in [0, 0.05) is 25.6 Å². The molecule has 2 atom stereocenters. The van der Waals surface area contributed by atoms with E-state index in [2.05, 4.69) is 5.32 Å². The van der Waals surface area contributed by atoms with Gasteiger partial charge in [0.1, 0.15) is 0 Å². The monoisotopic (exact) mass is 143 g/mol. The molecule has 1 aliphatic rings. The summed E-state index contributed by atoms with van der Waals surface area (Å²) in [6.45, 7) is 5.22. The zero-order chi connectivity index (χ0) is 7.40. The Morgan fingerprint density at radius 2 is 2.40 bits per heavy atom. The molecule has 0 aromatic rings. The summed E-state index contributed by atoms with van der Waals surface area (Å²) >= 11 is 0. The molecule has 0 aliphatic carbocycles. The van der Waals surface area contributed by atoms with Crippen LogP contribution in [0.3, 0.4) is 0 Å². The van der Waals surface area contributed by atoms with E-state index in [4.69, 9.17) is 10.5 Å². The highest BCUT2D eigenvalue weighted by molar-refractivity contribution is 4.81. The van der Waals surface area contributed by atoms with Crippen LogP contribution in [0, 0.1) is 5.92 Å². The van der Waals surface area contributed by atoms with Crippen LogP contribution >= 0.6 is 0 Å². The largest absolute Gasteiger partial charge is 0.377 e. The van der Waals surface area contributed by atoms with Crippen molar-refractivity contribution in [2.24, 2.45) is 11.7 Å². The normalized spacial score (nSPS) is 33.0. The number of nitrogens with two attached hydrogens (primary N) is 1. The first-order valence-electron chi connectivity index (χ1n) is 3.83. The van der Waals surface area contributed by atoms with Crippen LogP contribution in [0.2, 0.25) is 0 Å². The Morgan fingerprint density at radius 3 is 3.00 bits per heavy atom. The molecule has 0 spiro atoms. The van der Waals surface area contributed by atoms with Crippen LogP contribution in [-0.4, -0.2) is 32.3 Å². The molecule has 0 amide bonds. The molecular formula is C7H15N2O. The fraction of sp³-hybridized carbons (Fsp3) is 1.00. The fourth-order valence-corrected chi connectivity index (χ4v) is 1.26. The molecule has 0 aromatic heterocycles. The summed E-state index contributed by atoms with van der Waals surface area (Å²) in [5.74, 6) is 0.472. The molecular weight excluding hydrogens is 128 g/mol. The van der Waals surface area contributed by atoms with Crippen LogP contribution in [0.5, 0.6) is 0 Å². The number of nitrogens with zero attached hydrogens (tertiary/aromatic N) is 1. The van der Waals surface area contributed by atoms with E-state index < -0.39 is 0 Å². The Balaban J connectivity index is 2.27. The van der Waals surface area contributed by atoms with E-state index in [1.54, 1.807) is 0 Å². The summed E-state index contributed by atoms with van der Waals surface area (Å²) in [5, 5.41) is 4.23. The van der Waals surface area contributed by atoms with Crippen molar-refractivity contribution in [3.05, 3.63) is 0 Å². The van der Waals surface area contributed by atoms with Crippen molar-refractivity contribution < 1.29 is 4.74 Å². The second-order valence-electron chi connectivity index (χ2n) is 2.58. The predicted molar refractivity (Wildman–Crippen MR) is 39.8 cm³/mol. The predicted octanol–water partition coefficient (Wildman–Crippen LogP) is -0.416. The van der Waals surface area contributed by atoms with Gasteiger partial charge in [0.05, 0.1) is 6.10 Å². The Morgan fingerprint density at radius 1 is 1.60 bits per heavy atom. The lowest BCUT2D eigenvalue weighted by molar-refractivity contribution is 0.0491. The molecule has 1 radical (unpaired) electrons. The van der Waals surface area contributed by atoms with Crippen LogP contribution in [0.4, 0.5) is 0 Å².